The van der Waals surface area contributed by atoms with E-state index < -0.39 is 36.9 Å². The molecule has 0 aliphatic rings. The largest absolute Gasteiger partial charge is 0.445 e. The smallest absolute Gasteiger partial charge is 0.408 e. The molecular formula is C20H23F2N2O6P. The predicted molar refractivity (Wildman–Crippen MR) is 108 cm³/mol. The van der Waals surface area contributed by atoms with Gasteiger partial charge < -0.3 is 24.7 Å². The summed E-state index contributed by atoms with van der Waals surface area (Å²) in [4.78, 5) is 43.5. The molecule has 0 aromatic heterocycles. The Morgan fingerprint density at radius 2 is 1.65 bits per heavy atom. The number of ether oxygens (including phenoxy) is 1. The molecule has 0 saturated carbocycles. The molecule has 0 spiro atoms. The Labute approximate surface area is 178 Å². The van der Waals surface area contributed by atoms with Gasteiger partial charge in [0.1, 0.15) is 12.6 Å². The number of hydrogen-bond acceptors (Lipinski definition) is 4. The van der Waals surface area contributed by atoms with Crippen LogP contribution in [0.2, 0.25) is 0 Å². The van der Waals surface area contributed by atoms with Crippen LogP contribution in [0.4, 0.5) is 13.6 Å². The van der Waals surface area contributed by atoms with Gasteiger partial charge in [-0.1, -0.05) is 54.6 Å². The zero-order chi connectivity index (χ0) is 23.2. The van der Waals surface area contributed by atoms with Crippen molar-refractivity contribution >= 4 is 19.6 Å². The SMILES string of the molecule is CN(C)C(=O)C(Cc1ccc(C(F)(F)P(=O)(O)O)cc1)NC(=O)OCc1ccccc1. The van der Waals surface area contributed by atoms with Crippen molar-refractivity contribution in [2.75, 3.05) is 14.1 Å². The molecule has 1 atom stereocenters. The van der Waals surface area contributed by atoms with Gasteiger partial charge in [0, 0.05) is 26.1 Å². The predicted octanol–water partition coefficient (Wildman–Crippen LogP) is 2.84. The molecule has 168 valence electrons. The molecular weight excluding hydrogens is 433 g/mol. The minimum Gasteiger partial charge on any atom is -0.445 e. The average Bonchev–Trinajstić information content (AvgIpc) is 2.71. The fourth-order valence-electron chi connectivity index (χ4n) is 2.66. The summed E-state index contributed by atoms with van der Waals surface area (Å²) >= 11 is 0. The fourth-order valence-corrected chi connectivity index (χ4v) is 3.15. The molecule has 0 radical (unpaired) electrons. The summed E-state index contributed by atoms with van der Waals surface area (Å²) in [6.45, 7) is 0.00169. The van der Waals surface area contributed by atoms with Gasteiger partial charge in [-0.15, -0.1) is 0 Å². The summed E-state index contributed by atoms with van der Waals surface area (Å²) in [6, 6.07) is 12.1. The van der Waals surface area contributed by atoms with Crippen molar-refractivity contribution in [3.63, 3.8) is 0 Å². The van der Waals surface area contributed by atoms with Crippen LogP contribution in [0, 0.1) is 0 Å². The van der Waals surface area contributed by atoms with Crippen molar-refractivity contribution < 1.29 is 37.5 Å². The van der Waals surface area contributed by atoms with E-state index in [9.17, 15) is 22.9 Å². The Morgan fingerprint density at radius 1 is 1.06 bits per heavy atom. The first kappa shape index (κ1) is 24.5. The van der Waals surface area contributed by atoms with E-state index >= 15 is 0 Å². The highest BCUT2D eigenvalue weighted by Crippen LogP contribution is 2.59. The molecule has 0 saturated heterocycles. The zero-order valence-electron chi connectivity index (χ0n) is 16.9. The maximum absolute atomic E-state index is 13.8. The van der Waals surface area contributed by atoms with Gasteiger partial charge in [-0.25, -0.2) is 4.79 Å². The van der Waals surface area contributed by atoms with E-state index in [1.165, 1.54) is 31.1 Å². The maximum Gasteiger partial charge on any atom is 0.408 e. The quantitative estimate of drug-likeness (QED) is 0.526. The Balaban J connectivity index is 2.09. The van der Waals surface area contributed by atoms with Crippen molar-refractivity contribution in [3.05, 3.63) is 71.3 Å². The van der Waals surface area contributed by atoms with Gasteiger partial charge in [-0.3, -0.25) is 9.36 Å². The van der Waals surface area contributed by atoms with Gasteiger partial charge in [-0.05, 0) is 11.1 Å². The maximum atomic E-state index is 13.8. The molecule has 11 heteroatoms. The summed E-state index contributed by atoms with van der Waals surface area (Å²) in [7, 11) is -2.69. The number of rotatable bonds is 8. The normalized spacial score (nSPS) is 12.7. The van der Waals surface area contributed by atoms with E-state index in [4.69, 9.17) is 14.5 Å². The fraction of sp³-hybridized carbons (Fsp3) is 0.300. The van der Waals surface area contributed by atoms with Crippen LogP contribution in [0.5, 0.6) is 0 Å². The van der Waals surface area contributed by atoms with Crippen LogP contribution < -0.4 is 5.32 Å². The van der Waals surface area contributed by atoms with Gasteiger partial charge in [-0.2, -0.15) is 8.78 Å². The van der Waals surface area contributed by atoms with Gasteiger partial charge in [0.25, 0.3) is 0 Å². The number of carbonyl (C=O) groups excluding carboxylic acids is 2. The first-order chi connectivity index (χ1) is 14.4. The number of alkyl halides is 2. The molecule has 3 N–H and O–H groups in total. The number of halogens is 2. The van der Waals surface area contributed by atoms with E-state index in [0.29, 0.717) is 5.56 Å². The van der Waals surface area contributed by atoms with E-state index in [2.05, 4.69) is 5.32 Å². The number of nitrogens with zero attached hydrogens (tertiary/aromatic N) is 1. The van der Waals surface area contributed by atoms with Crippen molar-refractivity contribution in [3.8, 4) is 0 Å². The van der Waals surface area contributed by atoms with Crippen LogP contribution in [-0.2, 0) is 32.8 Å². The Hall–Kier alpha value is -2.81. The second kappa shape index (κ2) is 10.00. The Morgan fingerprint density at radius 3 is 2.16 bits per heavy atom. The molecule has 1 unspecified atom stereocenters. The zero-order valence-corrected chi connectivity index (χ0v) is 17.8. The number of likely N-dealkylation sites (N-methyl/N-ethyl adjacent to an activating group) is 1. The van der Waals surface area contributed by atoms with Gasteiger partial charge in [0.2, 0.25) is 5.91 Å². The summed E-state index contributed by atoms with van der Waals surface area (Å²) in [5, 5.41) is 2.46. The lowest BCUT2D eigenvalue weighted by molar-refractivity contribution is -0.130. The third-order valence-electron chi connectivity index (χ3n) is 4.35. The minimum absolute atomic E-state index is 0.00169. The number of nitrogens with one attached hydrogen (secondary N) is 1. The van der Waals surface area contributed by atoms with Crippen LogP contribution >= 0.6 is 7.60 Å². The molecule has 0 aliphatic heterocycles. The van der Waals surface area contributed by atoms with E-state index in [1.807, 2.05) is 6.07 Å². The van der Waals surface area contributed by atoms with E-state index in [0.717, 1.165) is 17.7 Å². The van der Waals surface area contributed by atoms with E-state index in [1.54, 1.807) is 24.3 Å². The number of alkyl carbamates (subject to hydrolysis) is 1. The monoisotopic (exact) mass is 456 g/mol. The number of carbonyl (C=O) groups is 2. The molecule has 2 amide bonds. The van der Waals surface area contributed by atoms with Crippen LogP contribution in [0.25, 0.3) is 0 Å². The van der Waals surface area contributed by atoms with Crippen LogP contribution in [0.1, 0.15) is 16.7 Å². The molecule has 0 bridgehead atoms. The number of benzene rings is 2. The molecule has 2 rings (SSSR count). The Bertz CT molecular complexity index is 948. The third kappa shape index (κ3) is 6.58. The third-order valence-corrected chi connectivity index (χ3v) is 5.34. The highest BCUT2D eigenvalue weighted by molar-refractivity contribution is 7.52. The first-order valence-corrected chi connectivity index (χ1v) is 10.7. The van der Waals surface area contributed by atoms with Crippen LogP contribution in [-0.4, -0.2) is 46.8 Å². The first-order valence-electron chi connectivity index (χ1n) is 9.13. The molecule has 0 fully saturated rings. The van der Waals surface area contributed by atoms with Crippen molar-refractivity contribution in [1.82, 2.24) is 10.2 Å². The highest BCUT2D eigenvalue weighted by atomic mass is 31.2. The van der Waals surface area contributed by atoms with E-state index in [-0.39, 0.29) is 13.0 Å². The van der Waals surface area contributed by atoms with Gasteiger partial charge in [0.15, 0.2) is 0 Å². The molecule has 8 nitrogen and oxygen atoms in total. The highest BCUT2D eigenvalue weighted by Gasteiger charge is 2.50. The summed E-state index contributed by atoms with van der Waals surface area (Å²) in [6.07, 6.45) is -0.868. The second-order valence-electron chi connectivity index (χ2n) is 6.98. The molecule has 0 aliphatic carbocycles. The lowest BCUT2D eigenvalue weighted by Crippen LogP contribution is -2.47. The standard InChI is InChI=1S/C20H23F2N2O6P/c1-24(2)18(25)17(23-19(26)30-13-15-6-4-3-5-7-15)12-14-8-10-16(11-9-14)20(21,22)31(27,28)29/h3-11,17H,12-13H2,1-2H3,(H,23,26)(H2,27,28,29). The number of amides is 2. The summed E-state index contributed by atoms with van der Waals surface area (Å²) < 4.78 is 43.7. The van der Waals surface area contributed by atoms with Crippen LogP contribution in [0.3, 0.4) is 0 Å². The molecule has 0 heterocycles. The topological polar surface area (TPSA) is 116 Å². The van der Waals surface area contributed by atoms with Gasteiger partial charge in [0.05, 0.1) is 0 Å². The minimum atomic E-state index is -5.68. The molecule has 2 aromatic carbocycles. The Kier molecular flexibility index (Phi) is 7.89. The van der Waals surface area contributed by atoms with Crippen molar-refractivity contribution in [2.24, 2.45) is 0 Å². The van der Waals surface area contributed by atoms with Crippen molar-refractivity contribution in [2.45, 2.75) is 24.7 Å². The molecule has 2 aromatic rings. The lowest BCUT2D eigenvalue weighted by Gasteiger charge is -2.22. The average molecular weight is 456 g/mol. The van der Waals surface area contributed by atoms with Gasteiger partial charge >= 0.3 is 19.4 Å². The van der Waals surface area contributed by atoms with Crippen molar-refractivity contribution in [1.29, 1.82) is 0 Å². The summed E-state index contributed by atoms with van der Waals surface area (Å²) in [5.41, 5.74) is -4.03. The summed E-state index contributed by atoms with van der Waals surface area (Å²) in [5.74, 6) is -0.443. The number of hydrogen-bond donors (Lipinski definition) is 3. The second-order valence-corrected chi connectivity index (χ2v) is 8.63. The molecule has 31 heavy (non-hydrogen) atoms. The van der Waals surface area contributed by atoms with Crippen LogP contribution in [0.15, 0.2) is 54.6 Å². The lowest BCUT2D eigenvalue weighted by atomic mass is 10.0.